The number of nitrogens with one attached hydrogen (secondary N) is 2. The number of benzene rings is 1. The molecule has 0 unspecified atom stereocenters. The summed E-state index contributed by atoms with van der Waals surface area (Å²) in [6.07, 6.45) is 7.21. The van der Waals surface area contributed by atoms with Crippen molar-refractivity contribution in [3.8, 4) is 0 Å². The molecule has 1 aliphatic rings. The average molecular weight is 335 g/mol. The first-order chi connectivity index (χ1) is 11.1. The quantitative estimate of drug-likeness (QED) is 0.895. The Bertz CT molecular complexity index is 702. The van der Waals surface area contributed by atoms with Gasteiger partial charge in [-0.1, -0.05) is 24.4 Å². The van der Waals surface area contributed by atoms with Crippen LogP contribution in [-0.4, -0.2) is 21.9 Å². The van der Waals surface area contributed by atoms with Gasteiger partial charge >= 0.3 is 0 Å². The summed E-state index contributed by atoms with van der Waals surface area (Å²) in [6, 6.07) is 4.51. The SMILES string of the molecule is O=C(NC1CCCC1)c1cnc(Nc2ccc(F)c(Cl)c2)cn1. The summed E-state index contributed by atoms with van der Waals surface area (Å²) in [5.74, 6) is -0.242. The lowest BCUT2D eigenvalue weighted by Gasteiger charge is -2.11. The number of halogens is 2. The zero-order chi connectivity index (χ0) is 16.2. The largest absolute Gasteiger partial charge is 0.348 e. The van der Waals surface area contributed by atoms with Gasteiger partial charge in [0.2, 0.25) is 0 Å². The van der Waals surface area contributed by atoms with E-state index in [1.54, 1.807) is 6.07 Å². The van der Waals surface area contributed by atoms with Crippen LogP contribution >= 0.6 is 11.6 Å². The number of rotatable bonds is 4. The van der Waals surface area contributed by atoms with Crippen LogP contribution in [0.15, 0.2) is 30.6 Å². The lowest BCUT2D eigenvalue weighted by molar-refractivity contribution is 0.0932. The van der Waals surface area contributed by atoms with Crippen molar-refractivity contribution in [3.05, 3.63) is 47.1 Å². The number of carbonyl (C=O) groups is 1. The zero-order valence-electron chi connectivity index (χ0n) is 12.4. The standard InChI is InChI=1S/C16H16ClFN4O/c17-12-7-11(5-6-13(12)18)21-15-9-19-14(8-20-15)16(23)22-10-3-1-2-4-10/h5-10H,1-4H2,(H,20,21)(H,22,23). The van der Waals surface area contributed by atoms with Crippen LogP contribution in [0.25, 0.3) is 0 Å². The number of nitrogens with zero attached hydrogens (tertiary/aromatic N) is 2. The highest BCUT2D eigenvalue weighted by molar-refractivity contribution is 6.31. The zero-order valence-corrected chi connectivity index (χ0v) is 13.1. The van der Waals surface area contributed by atoms with E-state index in [2.05, 4.69) is 20.6 Å². The molecule has 2 N–H and O–H groups in total. The summed E-state index contributed by atoms with van der Waals surface area (Å²) >= 11 is 5.72. The maximum absolute atomic E-state index is 13.1. The van der Waals surface area contributed by atoms with E-state index in [-0.39, 0.29) is 22.7 Å². The molecule has 5 nitrogen and oxygen atoms in total. The van der Waals surface area contributed by atoms with Gasteiger partial charge in [0.05, 0.1) is 17.4 Å². The van der Waals surface area contributed by atoms with Crippen molar-refractivity contribution in [2.75, 3.05) is 5.32 Å². The molecular weight excluding hydrogens is 319 g/mol. The number of aromatic nitrogens is 2. The van der Waals surface area contributed by atoms with Crippen LogP contribution < -0.4 is 10.6 Å². The molecule has 0 bridgehead atoms. The van der Waals surface area contributed by atoms with Crippen molar-refractivity contribution in [2.24, 2.45) is 0 Å². The van der Waals surface area contributed by atoms with Gasteiger partial charge in [-0.2, -0.15) is 0 Å². The maximum Gasteiger partial charge on any atom is 0.271 e. The highest BCUT2D eigenvalue weighted by atomic mass is 35.5. The van der Waals surface area contributed by atoms with Gasteiger partial charge in [0.1, 0.15) is 17.3 Å². The van der Waals surface area contributed by atoms with Gasteiger partial charge in [-0.25, -0.2) is 14.4 Å². The van der Waals surface area contributed by atoms with Crippen molar-refractivity contribution < 1.29 is 9.18 Å². The van der Waals surface area contributed by atoms with Crippen molar-refractivity contribution in [1.29, 1.82) is 0 Å². The Morgan fingerprint density at radius 3 is 2.65 bits per heavy atom. The molecule has 0 atom stereocenters. The Labute approximate surface area is 138 Å². The molecule has 23 heavy (non-hydrogen) atoms. The van der Waals surface area contributed by atoms with Crippen LogP contribution in [0.5, 0.6) is 0 Å². The third kappa shape index (κ3) is 3.96. The number of hydrogen-bond donors (Lipinski definition) is 2. The topological polar surface area (TPSA) is 66.9 Å². The second-order valence-electron chi connectivity index (χ2n) is 5.50. The van der Waals surface area contributed by atoms with Crippen LogP contribution in [0.4, 0.5) is 15.9 Å². The summed E-state index contributed by atoms with van der Waals surface area (Å²) in [4.78, 5) is 20.3. The summed E-state index contributed by atoms with van der Waals surface area (Å²) in [7, 11) is 0. The highest BCUT2D eigenvalue weighted by Gasteiger charge is 2.18. The monoisotopic (exact) mass is 334 g/mol. The molecule has 0 aliphatic heterocycles. The fourth-order valence-electron chi connectivity index (χ4n) is 2.56. The second-order valence-corrected chi connectivity index (χ2v) is 5.90. The van der Waals surface area contributed by atoms with Gasteiger partial charge in [0.25, 0.3) is 5.91 Å². The number of anilines is 2. The normalized spacial score (nSPS) is 14.7. The van der Waals surface area contributed by atoms with Crippen LogP contribution in [-0.2, 0) is 0 Å². The molecule has 1 heterocycles. The molecule has 1 aliphatic carbocycles. The molecule has 0 saturated heterocycles. The highest BCUT2D eigenvalue weighted by Crippen LogP contribution is 2.22. The molecule has 1 amide bonds. The summed E-state index contributed by atoms with van der Waals surface area (Å²) in [5.41, 5.74) is 0.869. The molecular formula is C16H16ClFN4O. The first kappa shape index (κ1) is 15.7. The molecule has 2 aromatic rings. The molecule has 1 aromatic carbocycles. The van der Waals surface area contributed by atoms with Crippen molar-refractivity contribution >= 4 is 29.0 Å². The maximum atomic E-state index is 13.1. The van der Waals surface area contributed by atoms with E-state index in [1.807, 2.05) is 0 Å². The second kappa shape index (κ2) is 6.91. The van der Waals surface area contributed by atoms with Crippen LogP contribution in [0.2, 0.25) is 5.02 Å². The average Bonchev–Trinajstić information content (AvgIpc) is 3.04. The fourth-order valence-corrected chi connectivity index (χ4v) is 2.74. The van der Waals surface area contributed by atoms with Crippen LogP contribution in [0, 0.1) is 5.82 Å². The number of amides is 1. The van der Waals surface area contributed by atoms with E-state index in [0.29, 0.717) is 11.5 Å². The minimum atomic E-state index is -0.484. The van der Waals surface area contributed by atoms with E-state index in [9.17, 15) is 9.18 Å². The predicted octanol–water partition coefficient (Wildman–Crippen LogP) is 3.69. The Kier molecular flexibility index (Phi) is 4.71. The Morgan fingerprint density at radius 2 is 2.00 bits per heavy atom. The first-order valence-corrected chi connectivity index (χ1v) is 7.84. The van der Waals surface area contributed by atoms with Crippen molar-refractivity contribution in [2.45, 2.75) is 31.7 Å². The lowest BCUT2D eigenvalue weighted by Crippen LogP contribution is -2.33. The molecule has 0 spiro atoms. The summed E-state index contributed by atoms with van der Waals surface area (Å²) in [6.45, 7) is 0. The first-order valence-electron chi connectivity index (χ1n) is 7.47. The van der Waals surface area contributed by atoms with Gasteiger partial charge in [0, 0.05) is 11.7 Å². The Hall–Kier alpha value is -2.21. The molecule has 1 fully saturated rings. The molecule has 1 aromatic heterocycles. The van der Waals surface area contributed by atoms with E-state index >= 15 is 0 Å². The minimum absolute atomic E-state index is 0.0236. The fraction of sp³-hybridized carbons (Fsp3) is 0.312. The van der Waals surface area contributed by atoms with E-state index in [0.717, 1.165) is 25.7 Å². The molecule has 7 heteroatoms. The van der Waals surface area contributed by atoms with Gasteiger partial charge in [0.15, 0.2) is 0 Å². The molecule has 3 rings (SSSR count). The van der Waals surface area contributed by atoms with Crippen molar-refractivity contribution in [3.63, 3.8) is 0 Å². The minimum Gasteiger partial charge on any atom is -0.348 e. The molecule has 120 valence electrons. The lowest BCUT2D eigenvalue weighted by atomic mass is 10.2. The van der Waals surface area contributed by atoms with Gasteiger partial charge in [-0.15, -0.1) is 0 Å². The molecule has 1 saturated carbocycles. The van der Waals surface area contributed by atoms with Gasteiger partial charge in [-0.3, -0.25) is 4.79 Å². The van der Waals surface area contributed by atoms with Crippen LogP contribution in [0.1, 0.15) is 36.2 Å². The predicted molar refractivity (Wildman–Crippen MR) is 86.4 cm³/mol. The van der Waals surface area contributed by atoms with E-state index in [1.165, 1.54) is 24.5 Å². The summed E-state index contributed by atoms with van der Waals surface area (Å²) < 4.78 is 13.1. The van der Waals surface area contributed by atoms with E-state index in [4.69, 9.17) is 11.6 Å². The Morgan fingerprint density at radius 1 is 1.22 bits per heavy atom. The summed E-state index contributed by atoms with van der Waals surface area (Å²) in [5, 5.41) is 5.94. The van der Waals surface area contributed by atoms with Crippen LogP contribution in [0.3, 0.4) is 0 Å². The smallest absolute Gasteiger partial charge is 0.271 e. The van der Waals surface area contributed by atoms with E-state index < -0.39 is 5.82 Å². The third-order valence-electron chi connectivity index (χ3n) is 3.77. The number of hydrogen-bond acceptors (Lipinski definition) is 4. The van der Waals surface area contributed by atoms with Gasteiger partial charge in [-0.05, 0) is 31.0 Å². The van der Waals surface area contributed by atoms with Gasteiger partial charge < -0.3 is 10.6 Å². The molecule has 0 radical (unpaired) electrons. The number of carbonyl (C=O) groups excluding carboxylic acids is 1. The Balaban J connectivity index is 1.64. The third-order valence-corrected chi connectivity index (χ3v) is 4.06. The van der Waals surface area contributed by atoms with Crippen molar-refractivity contribution in [1.82, 2.24) is 15.3 Å².